The molecule has 32 heavy (non-hydrogen) atoms. The summed E-state index contributed by atoms with van der Waals surface area (Å²) in [6.45, 7) is 6.10. The van der Waals surface area contributed by atoms with E-state index in [0.717, 1.165) is 74.9 Å². The van der Waals surface area contributed by atoms with Crippen LogP contribution in [-0.4, -0.2) is 50.1 Å². The van der Waals surface area contributed by atoms with Gasteiger partial charge in [0, 0.05) is 57.0 Å². The van der Waals surface area contributed by atoms with E-state index in [1.165, 1.54) is 0 Å². The quantitative estimate of drug-likeness (QED) is 0.563. The summed E-state index contributed by atoms with van der Waals surface area (Å²) in [5.74, 6) is 0.481. The Hall–Kier alpha value is -2.08. The Morgan fingerprint density at radius 3 is 2.41 bits per heavy atom. The minimum atomic E-state index is 0.0319. The van der Waals surface area contributed by atoms with Crippen LogP contribution in [0.4, 0.5) is 11.4 Å². The number of anilines is 2. The van der Waals surface area contributed by atoms with Crippen molar-refractivity contribution in [2.75, 3.05) is 37.5 Å². The van der Waals surface area contributed by atoms with Gasteiger partial charge < -0.3 is 19.9 Å². The van der Waals surface area contributed by atoms with Gasteiger partial charge in [-0.1, -0.05) is 26.7 Å². The van der Waals surface area contributed by atoms with Gasteiger partial charge in [-0.05, 0) is 62.3 Å². The molecule has 0 radical (unpaired) electrons. The van der Waals surface area contributed by atoms with Crippen molar-refractivity contribution >= 4 is 23.2 Å². The average molecular weight is 444 g/mol. The third-order valence-electron chi connectivity index (χ3n) is 7.01. The lowest BCUT2D eigenvalue weighted by Crippen LogP contribution is -2.40. The lowest BCUT2D eigenvalue weighted by molar-refractivity contribution is -0.138. The molecule has 1 unspecified atom stereocenters. The second-order valence-electron chi connectivity index (χ2n) is 9.58. The van der Waals surface area contributed by atoms with Gasteiger partial charge in [-0.2, -0.15) is 0 Å². The van der Waals surface area contributed by atoms with Gasteiger partial charge in [0.15, 0.2) is 0 Å². The van der Waals surface area contributed by atoms with Gasteiger partial charge in [0.25, 0.3) is 0 Å². The van der Waals surface area contributed by atoms with E-state index < -0.39 is 0 Å². The maximum Gasteiger partial charge on any atom is 0.227 e. The molecule has 6 nitrogen and oxygen atoms in total. The van der Waals surface area contributed by atoms with Crippen LogP contribution in [0.15, 0.2) is 18.2 Å². The first-order chi connectivity index (χ1) is 15.4. The first-order valence-corrected chi connectivity index (χ1v) is 12.4. The van der Waals surface area contributed by atoms with Gasteiger partial charge in [-0.15, -0.1) is 0 Å². The van der Waals surface area contributed by atoms with Crippen LogP contribution in [0.2, 0.25) is 0 Å². The molecule has 6 heteroatoms. The highest BCUT2D eigenvalue weighted by Crippen LogP contribution is 2.29. The summed E-state index contributed by atoms with van der Waals surface area (Å²) in [5, 5.41) is 3.13. The number of nitrogens with one attached hydrogen (secondary N) is 1. The third kappa shape index (κ3) is 6.25. The van der Waals surface area contributed by atoms with Crippen LogP contribution in [0.1, 0.15) is 70.8 Å². The molecule has 0 aromatic heterocycles. The first-order valence-electron chi connectivity index (χ1n) is 12.4. The van der Waals surface area contributed by atoms with Crippen LogP contribution in [0.3, 0.4) is 0 Å². The van der Waals surface area contributed by atoms with Gasteiger partial charge in [0.2, 0.25) is 11.8 Å². The van der Waals surface area contributed by atoms with E-state index in [1.54, 1.807) is 0 Å². The fourth-order valence-electron chi connectivity index (χ4n) is 5.03. The second-order valence-corrected chi connectivity index (χ2v) is 9.58. The van der Waals surface area contributed by atoms with Gasteiger partial charge in [-0.25, -0.2) is 0 Å². The summed E-state index contributed by atoms with van der Waals surface area (Å²) in [7, 11) is 4.03. The second kappa shape index (κ2) is 11.7. The molecule has 2 fully saturated rings. The molecular weight excluding hydrogens is 402 g/mol. The third-order valence-corrected chi connectivity index (χ3v) is 7.01. The molecule has 178 valence electrons. The summed E-state index contributed by atoms with van der Waals surface area (Å²) < 4.78 is 5.87. The number of amides is 2. The van der Waals surface area contributed by atoms with Crippen molar-refractivity contribution in [2.45, 2.75) is 77.9 Å². The molecular formula is C26H41N3O3. The number of carbonyl (C=O) groups is 2. The molecule has 0 spiro atoms. The van der Waals surface area contributed by atoms with E-state index in [9.17, 15) is 9.59 Å². The Bertz CT molecular complexity index is 764. The molecule has 0 bridgehead atoms. The van der Waals surface area contributed by atoms with Crippen LogP contribution in [0.25, 0.3) is 0 Å². The minimum absolute atomic E-state index is 0.0319. The lowest BCUT2D eigenvalue weighted by atomic mass is 10.0. The molecule has 1 aromatic rings. The SMILES string of the molecule is CCC(CC)C(=O)N(Cc1cc(NC(=O)C2CCCC2)ccc1N(C)C)CC1CCCO1. The van der Waals surface area contributed by atoms with E-state index in [1.807, 2.05) is 37.2 Å². The van der Waals surface area contributed by atoms with E-state index in [2.05, 4.69) is 24.1 Å². The molecule has 1 saturated heterocycles. The fraction of sp³-hybridized carbons (Fsp3) is 0.692. The highest BCUT2D eigenvalue weighted by molar-refractivity contribution is 5.93. The molecule has 2 amide bonds. The summed E-state index contributed by atoms with van der Waals surface area (Å²) in [6, 6.07) is 6.06. The number of rotatable bonds is 10. The molecule has 3 rings (SSSR count). The van der Waals surface area contributed by atoms with E-state index >= 15 is 0 Å². The van der Waals surface area contributed by atoms with Crippen LogP contribution >= 0.6 is 0 Å². The smallest absolute Gasteiger partial charge is 0.227 e. The Balaban J connectivity index is 1.83. The fourth-order valence-corrected chi connectivity index (χ4v) is 5.03. The first kappa shape index (κ1) is 24.6. The van der Waals surface area contributed by atoms with Crippen molar-refractivity contribution in [3.8, 4) is 0 Å². The average Bonchev–Trinajstić information content (AvgIpc) is 3.48. The van der Waals surface area contributed by atoms with Crippen molar-refractivity contribution in [2.24, 2.45) is 11.8 Å². The van der Waals surface area contributed by atoms with Crippen molar-refractivity contribution in [3.63, 3.8) is 0 Å². The van der Waals surface area contributed by atoms with Crippen LogP contribution < -0.4 is 10.2 Å². The molecule has 2 aliphatic rings. The number of hydrogen-bond donors (Lipinski definition) is 1. The van der Waals surface area contributed by atoms with Crippen LogP contribution in [0, 0.1) is 11.8 Å². The topological polar surface area (TPSA) is 61.9 Å². The Morgan fingerprint density at radius 1 is 1.09 bits per heavy atom. The Kier molecular flexibility index (Phi) is 8.97. The monoisotopic (exact) mass is 443 g/mol. The Labute approximate surface area is 193 Å². The van der Waals surface area contributed by atoms with Crippen LogP contribution in [-0.2, 0) is 20.9 Å². The van der Waals surface area contributed by atoms with Crippen molar-refractivity contribution < 1.29 is 14.3 Å². The highest BCUT2D eigenvalue weighted by atomic mass is 16.5. The predicted octanol–water partition coefficient (Wildman–Crippen LogP) is 4.83. The number of nitrogens with zero attached hydrogens (tertiary/aromatic N) is 2. The van der Waals surface area contributed by atoms with Crippen molar-refractivity contribution in [3.05, 3.63) is 23.8 Å². The summed E-state index contributed by atoms with van der Waals surface area (Å²) in [6.07, 6.45) is 8.10. The normalized spacial score (nSPS) is 18.8. The molecule has 1 atom stereocenters. The molecule has 1 saturated carbocycles. The van der Waals surface area contributed by atoms with Crippen molar-refractivity contribution in [1.29, 1.82) is 0 Å². The van der Waals surface area contributed by atoms with E-state index in [-0.39, 0.29) is 29.8 Å². The summed E-state index contributed by atoms with van der Waals surface area (Å²) in [4.78, 5) is 30.1. The zero-order valence-corrected chi connectivity index (χ0v) is 20.4. The highest BCUT2D eigenvalue weighted by Gasteiger charge is 2.28. The van der Waals surface area contributed by atoms with E-state index in [0.29, 0.717) is 13.1 Å². The lowest BCUT2D eigenvalue weighted by Gasteiger charge is -2.30. The van der Waals surface area contributed by atoms with Gasteiger partial charge in [0.1, 0.15) is 0 Å². The maximum absolute atomic E-state index is 13.4. The Morgan fingerprint density at radius 2 is 1.81 bits per heavy atom. The maximum atomic E-state index is 13.4. The van der Waals surface area contributed by atoms with Crippen molar-refractivity contribution in [1.82, 2.24) is 4.90 Å². The van der Waals surface area contributed by atoms with Gasteiger partial charge in [0.05, 0.1) is 6.10 Å². The molecule has 1 heterocycles. The molecule has 1 aliphatic heterocycles. The summed E-state index contributed by atoms with van der Waals surface area (Å²) in [5.41, 5.74) is 2.93. The predicted molar refractivity (Wildman–Crippen MR) is 130 cm³/mol. The molecule has 1 N–H and O–H groups in total. The largest absolute Gasteiger partial charge is 0.377 e. The standard InChI is InChI=1S/C26H41N3O3/c1-5-19(6-2)26(31)29(18-23-12-9-15-32-23)17-21-16-22(13-14-24(21)28(3)4)27-25(30)20-10-7-8-11-20/h13-14,16,19-20,23H,5-12,15,17-18H2,1-4H3,(H,27,30). The zero-order valence-electron chi connectivity index (χ0n) is 20.4. The summed E-state index contributed by atoms with van der Waals surface area (Å²) >= 11 is 0. The van der Waals surface area contributed by atoms with E-state index in [4.69, 9.17) is 4.74 Å². The molecule has 1 aliphatic carbocycles. The van der Waals surface area contributed by atoms with Gasteiger partial charge >= 0.3 is 0 Å². The number of benzene rings is 1. The number of hydrogen-bond acceptors (Lipinski definition) is 4. The number of carbonyl (C=O) groups excluding carboxylic acids is 2. The van der Waals surface area contributed by atoms with Crippen LogP contribution in [0.5, 0.6) is 0 Å². The minimum Gasteiger partial charge on any atom is -0.377 e. The zero-order chi connectivity index (χ0) is 23.1. The van der Waals surface area contributed by atoms with Gasteiger partial charge in [-0.3, -0.25) is 9.59 Å². The molecule has 1 aromatic carbocycles. The number of ether oxygens (including phenoxy) is 1.